The van der Waals surface area contributed by atoms with Crippen LogP contribution in [0.2, 0.25) is 0 Å². The standard InChI is InChI=1S/C16H25N3O6S/c1-6-25-16(21)11-19(4)10-15(20)17-12-7-8-13(24-5)14(9-12)26(22,23)18(2)3/h7-9H,6,10-11H2,1-5H3,(H,17,20). The minimum absolute atomic E-state index is 0.0237. The first-order chi connectivity index (χ1) is 12.1. The first kappa shape index (κ1) is 21.9. The molecule has 0 fully saturated rings. The normalized spacial score (nSPS) is 11.5. The molecule has 0 spiro atoms. The van der Waals surface area contributed by atoms with Gasteiger partial charge in [0.05, 0.1) is 26.8 Å². The molecule has 1 amide bonds. The number of rotatable bonds is 9. The number of carbonyl (C=O) groups excluding carboxylic acids is 2. The van der Waals surface area contributed by atoms with Gasteiger partial charge in [-0.15, -0.1) is 0 Å². The molecule has 0 unspecified atom stereocenters. The summed E-state index contributed by atoms with van der Waals surface area (Å²) in [6, 6.07) is 4.34. The molecule has 0 atom stereocenters. The van der Waals surface area contributed by atoms with E-state index in [9.17, 15) is 18.0 Å². The summed E-state index contributed by atoms with van der Waals surface area (Å²) >= 11 is 0. The molecule has 146 valence electrons. The molecule has 0 bridgehead atoms. The lowest BCUT2D eigenvalue weighted by molar-refractivity contribution is -0.144. The van der Waals surface area contributed by atoms with E-state index in [1.54, 1.807) is 14.0 Å². The molecule has 26 heavy (non-hydrogen) atoms. The van der Waals surface area contributed by atoms with Crippen LogP contribution in [-0.4, -0.2) is 77.4 Å². The van der Waals surface area contributed by atoms with E-state index in [0.29, 0.717) is 5.69 Å². The van der Waals surface area contributed by atoms with Gasteiger partial charge in [-0.3, -0.25) is 14.5 Å². The lowest BCUT2D eigenvalue weighted by Gasteiger charge is -2.17. The first-order valence-corrected chi connectivity index (χ1v) is 9.30. The Morgan fingerprint density at radius 3 is 2.35 bits per heavy atom. The summed E-state index contributed by atoms with van der Waals surface area (Å²) in [4.78, 5) is 25.0. The van der Waals surface area contributed by atoms with Crippen LogP contribution in [0.5, 0.6) is 5.75 Å². The van der Waals surface area contributed by atoms with Crippen molar-refractivity contribution in [1.29, 1.82) is 0 Å². The fourth-order valence-electron chi connectivity index (χ4n) is 2.08. The predicted molar refractivity (Wildman–Crippen MR) is 96.6 cm³/mol. The van der Waals surface area contributed by atoms with Crippen LogP contribution in [0, 0.1) is 0 Å². The van der Waals surface area contributed by atoms with Crippen LogP contribution in [0.15, 0.2) is 23.1 Å². The number of nitrogens with one attached hydrogen (secondary N) is 1. The minimum Gasteiger partial charge on any atom is -0.495 e. The van der Waals surface area contributed by atoms with E-state index in [-0.39, 0.29) is 30.3 Å². The maximum Gasteiger partial charge on any atom is 0.320 e. The topological polar surface area (TPSA) is 105 Å². The molecule has 0 aliphatic carbocycles. The van der Waals surface area contributed by atoms with Crippen molar-refractivity contribution >= 4 is 27.6 Å². The molecule has 0 aliphatic heterocycles. The zero-order valence-electron chi connectivity index (χ0n) is 15.6. The van der Waals surface area contributed by atoms with Gasteiger partial charge in [0.25, 0.3) is 0 Å². The van der Waals surface area contributed by atoms with Crippen LogP contribution < -0.4 is 10.1 Å². The number of nitrogens with zero attached hydrogens (tertiary/aromatic N) is 2. The molecular weight excluding hydrogens is 362 g/mol. The van der Waals surface area contributed by atoms with Gasteiger partial charge >= 0.3 is 5.97 Å². The highest BCUT2D eigenvalue weighted by molar-refractivity contribution is 7.89. The van der Waals surface area contributed by atoms with Crippen molar-refractivity contribution in [2.75, 3.05) is 53.3 Å². The number of methoxy groups -OCH3 is 1. The van der Waals surface area contributed by atoms with Gasteiger partial charge in [-0.05, 0) is 32.2 Å². The summed E-state index contributed by atoms with van der Waals surface area (Å²) in [7, 11) is 2.05. The van der Waals surface area contributed by atoms with Crippen molar-refractivity contribution < 1.29 is 27.5 Å². The fraction of sp³-hybridized carbons (Fsp3) is 0.500. The summed E-state index contributed by atoms with van der Waals surface area (Å²) in [5, 5.41) is 2.61. The monoisotopic (exact) mass is 387 g/mol. The smallest absolute Gasteiger partial charge is 0.320 e. The van der Waals surface area contributed by atoms with Crippen molar-refractivity contribution in [2.24, 2.45) is 0 Å². The number of sulfonamides is 1. The fourth-order valence-corrected chi connectivity index (χ4v) is 3.16. The van der Waals surface area contributed by atoms with E-state index >= 15 is 0 Å². The third-order valence-corrected chi connectivity index (χ3v) is 5.16. The number of hydrogen-bond donors (Lipinski definition) is 1. The summed E-state index contributed by atoms with van der Waals surface area (Å²) in [6.45, 7) is 1.90. The molecule has 1 N–H and O–H groups in total. The Bertz CT molecular complexity index is 748. The maximum atomic E-state index is 12.4. The number of ether oxygens (including phenoxy) is 2. The van der Waals surface area contributed by atoms with E-state index in [1.807, 2.05) is 0 Å². The first-order valence-electron chi connectivity index (χ1n) is 7.86. The van der Waals surface area contributed by atoms with Crippen LogP contribution >= 0.6 is 0 Å². The highest BCUT2D eigenvalue weighted by Crippen LogP contribution is 2.28. The highest BCUT2D eigenvalue weighted by Gasteiger charge is 2.23. The van der Waals surface area contributed by atoms with Crippen molar-refractivity contribution in [1.82, 2.24) is 9.21 Å². The molecule has 0 aliphatic rings. The lowest BCUT2D eigenvalue weighted by atomic mass is 10.3. The van der Waals surface area contributed by atoms with E-state index in [2.05, 4.69) is 5.32 Å². The summed E-state index contributed by atoms with van der Waals surface area (Å²) in [6.07, 6.45) is 0. The number of benzene rings is 1. The van der Waals surface area contributed by atoms with E-state index < -0.39 is 21.9 Å². The van der Waals surface area contributed by atoms with Crippen molar-refractivity contribution in [3.8, 4) is 5.75 Å². The van der Waals surface area contributed by atoms with Crippen LogP contribution in [0.3, 0.4) is 0 Å². The van der Waals surface area contributed by atoms with Gasteiger partial charge < -0.3 is 14.8 Å². The number of amides is 1. The average Bonchev–Trinajstić information content (AvgIpc) is 2.54. The van der Waals surface area contributed by atoms with Gasteiger partial charge in [0.15, 0.2) is 0 Å². The summed E-state index contributed by atoms with van der Waals surface area (Å²) < 4.78 is 35.7. The van der Waals surface area contributed by atoms with Crippen LogP contribution in [0.4, 0.5) is 5.69 Å². The molecule has 10 heteroatoms. The molecule has 1 aromatic rings. The second-order valence-electron chi connectivity index (χ2n) is 5.68. The molecule has 1 aromatic carbocycles. The molecule has 0 saturated heterocycles. The van der Waals surface area contributed by atoms with Crippen molar-refractivity contribution in [3.05, 3.63) is 18.2 Å². The number of likely N-dealkylation sites (N-methyl/N-ethyl adjacent to an activating group) is 1. The quantitative estimate of drug-likeness (QED) is 0.611. The molecule has 1 rings (SSSR count). The lowest BCUT2D eigenvalue weighted by Crippen LogP contribution is -2.34. The second kappa shape index (κ2) is 9.51. The van der Waals surface area contributed by atoms with Crippen LogP contribution in [-0.2, 0) is 24.3 Å². The molecule has 0 heterocycles. The highest BCUT2D eigenvalue weighted by atomic mass is 32.2. The zero-order valence-corrected chi connectivity index (χ0v) is 16.4. The van der Waals surface area contributed by atoms with Crippen LogP contribution in [0.1, 0.15) is 6.92 Å². The molecule has 0 radical (unpaired) electrons. The number of hydrogen-bond acceptors (Lipinski definition) is 7. The largest absolute Gasteiger partial charge is 0.495 e. The Hall–Kier alpha value is -2.17. The molecule has 0 saturated carbocycles. The van der Waals surface area contributed by atoms with E-state index in [0.717, 1.165) is 4.31 Å². The Morgan fingerprint density at radius 2 is 1.81 bits per heavy atom. The summed E-state index contributed by atoms with van der Waals surface area (Å²) in [5.41, 5.74) is 0.306. The van der Waals surface area contributed by atoms with Gasteiger partial charge in [-0.1, -0.05) is 0 Å². The van der Waals surface area contributed by atoms with Gasteiger partial charge in [0, 0.05) is 19.8 Å². The van der Waals surface area contributed by atoms with Gasteiger partial charge in [0.2, 0.25) is 15.9 Å². The van der Waals surface area contributed by atoms with Crippen LogP contribution in [0.25, 0.3) is 0 Å². The molecule has 9 nitrogen and oxygen atoms in total. The third kappa shape index (κ3) is 5.97. The van der Waals surface area contributed by atoms with E-state index in [1.165, 1.54) is 44.3 Å². The Morgan fingerprint density at radius 1 is 1.15 bits per heavy atom. The Kier molecular flexibility index (Phi) is 8.00. The maximum absolute atomic E-state index is 12.4. The van der Waals surface area contributed by atoms with E-state index in [4.69, 9.17) is 9.47 Å². The van der Waals surface area contributed by atoms with Gasteiger partial charge in [-0.2, -0.15) is 0 Å². The van der Waals surface area contributed by atoms with Crippen molar-refractivity contribution in [3.63, 3.8) is 0 Å². The summed E-state index contributed by atoms with van der Waals surface area (Å²) in [5.74, 6) is -0.641. The number of anilines is 1. The van der Waals surface area contributed by atoms with Gasteiger partial charge in [0.1, 0.15) is 10.6 Å². The molecular formula is C16H25N3O6S. The zero-order chi connectivity index (χ0) is 19.9. The average molecular weight is 387 g/mol. The Labute approximate surface area is 153 Å². The SMILES string of the molecule is CCOC(=O)CN(C)CC(=O)Nc1ccc(OC)c(S(=O)(=O)N(C)C)c1. The predicted octanol–water partition coefficient (Wildman–Crippen LogP) is 0.379. The Balaban J connectivity index is 2.88. The molecule has 0 aromatic heterocycles. The second-order valence-corrected chi connectivity index (χ2v) is 7.80. The van der Waals surface area contributed by atoms with Gasteiger partial charge in [-0.25, -0.2) is 12.7 Å². The van der Waals surface area contributed by atoms with Crippen molar-refractivity contribution in [2.45, 2.75) is 11.8 Å². The number of carbonyl (C=O) groups is 2. The third-order valence-electron chi connectivity index (χ3n) is 3.32. The number of esters is 1. The minimum atomic E-state index is -3.74.